The number of amides is 2. The van der Waals surface area contributed by atoms with Crippen molar-refractivity contribution in [2.75, 3.05) is 51.7 Å². The number of unbranched alkanes of at least 4 members (excludes halogenated alkanes) is 3. The summed E-state index contributed by atoms with van der Waals surface area (Å²) >= 11 is 1.78. The van der Waals surface area contributed by atoms with Gasteiger partial charge in [-0.15, -0.1) is 11.8 Å². The number of hydrogen-bond acceptors (Lipinski definition) is 5. The highest BCUT2D eigenvalue weighted by molar-refractivity contribution is 8.01. The molecule has 2 amide bonds. The van der Waals surface area contributed by atoms with Crippen molar-refractivity contribution in [2.45, 2.75) is 63.3 Å². The Morgan fingerprint density at radius 2 is 2.04 bits per heavy atom. The molecule has 27 heavy (non-hydrogen) atoms. The Kier molecular flexibility index (Phi) is 7.45. The van der Waals surface area contributed by atoms with Crippen LogP contribution in [0.4, 0.5) is 0 Å². The van der Waals surface area contributed by atoms with Crippen molar-refractivity contribution in [3.8, 4) is 0 Å². The van der Waals surface area contributed by atoms with Crippen molar-refractivity contribution < 1.29 is 14.3 Å². The van der Waals surface area contributed by atoms with Crippen molar-refractivity contribution in [3.63, 3.8) is 0 Å². The number of fused-ring (bicyclic) bond motifs is 1. The average Bonchev–Trinajstić information content (AvgIpc) is 3.17. The van der Waals surface area contributed by atoms with Crippen molar-refractivity contribution in [2.24, 2.45) is 0 Å². The molecule has 0 aromatic rings. The number of ether oxygens (including phenoxy) is 1. The van der Waals surface area contributed by atoms with E-state index in [4.69, 9.17) is 4.74 Å². The predicted octanol–water partition coefficient (Wildman–Crippen LogP) is 2.18. The smallest absolute Gasteiger partial charge is 0.246 e. The first kappa shape index (κ1) is 20.9. The lowest BCUT2D eigenvalue weighted by Crippen LogP contribution is -2.53. The normalized spacial score (nSPS) is 28.6. The molecule has 3 saturated heterocycles. The van der Waals surface area contributed by atoms with Crippen LogP contribution in [0.25, 0.3) is 0 Å². The maximum absolute atomic E-state index is 13.4. The van der Waals surface area contributed by atoms with E-state index in [1.165, 1.54) is 12.8 Å². The number of hydrogen-bond donors (Lipinski definition) is 0. The fourth-order valence-corrected chi connectivity index (χ4v) is 5.79. The van der Waals surface area contributed by atoms with Gasteiger partial charge < -0.3 is 14.5 Å². The quantitative estimate of drug-likeness (QED) is 0.558. The van der Waals surface area contributed by atoms with Gasteiger partial charge in [0.05, 0.1) is 18.1 Å². The first-order valence-electron chi connectivity index (χ1n) is 10.6. The Balaban J connectivity index is 1.61. The lowest BCUT2D eigenvalue weighted by molar-refractivity contribution is -0.144. The molecule has 0 saturated carbocycles. The average molecular weight is 398 g/mol. The molecular weight excluding hydrogens is 362 g/mol. The van der Waals surface area contributed by atoms with Gasteiger partial charge in [0.25, 0.3) is 0 Å². The molecule has 0 aliphatic carbocycles. The summed E-state index contributed by atoms with van der Waals surface area (Å²) in [6.45, 7) is 10.2. The monoisotopic (exact) mass is 397 g/mol. The molecule has 3 heterocycles. The summed E-state index contributed by atoms with van der Waals surface area (Å²) in [7, 11) is 0. The molecule has 0 N–H and O–H groups in total. The van der Waals surface area contributed by atoms with Gasteiger partial charge in [-0.05, 0) is 19.8 Å². The van der Waals surface area contributed by atoms with E-state index in [9.17, 15) is 9.59 Å². The van der Waals surface area contributed by atoms with Crippen molar-refractivity contribution >= 4 is 23.6 Å². The molecular formula is C20H35N3O3S. The summed E-state index contributed by atoms with van der Waals surface area (Å²) < 4.78 is 5.43. The molecule has 3 aliphatic rings. The number of carbonyl (C=O) groups is 2. The van der Waals surface area contributed by atoms with Gasteiger partial charge in [-0.2, -0.15) is 0 Å². The largest absolute Gasteiger partial charge is 0.379 e. The molecule has 3 aliphatic heterocycles. The third kappa shape index (κ3) is 4.98. The number of nitrogens with zero attached hydrogens (tertiary/aromatic N) is 3. The first-order chi connectivity index (χ1) is 13.0. The van der Waals surface area contributed by atoms with Gasteiger partial charge in [0.1, 0.15) is 6.04 Å². The van der Waals surface area contributed by atoms with Crippen LogP contribution >= 0.6 is 11.8 Å². The fraction of sp³-hybridized carbons (Fsp3) is 0.900. The second-order valence-corrected chi connectivity index (χ2v) is 9.61. The second-order valence-electron chi connectivity index (χ2n) is 8.11. The summed E-state index contributed by atoms with van der Waals surface area (Å²) in [5, 5.41) is 0. The maximum atomic E-state index is 13.4. The number of carbonyl (C=O) groups excluding carboxylic acids is 2. The van der Waals surface area contributed by atoms with Crippen LogP contribution in [0.1, 0.15) is 52.4 Å². The molecule has 0 spiro atoms. The van der Waals surface area contributed by atoms with Gasteiger partial charge >= 0.3 is 0 Å². The summed E-state index contributed by atoms with van der Waals surface area (Å²) in [5.74, 6) is 1.05. The van der Waals surface area contributed by atoms with E-state index >= 15 is 0 Å². The Hall–Kier alpha value is -0.790. The van der Waals surface area contributed by atoms with Gasteiger partial charge in [-0.1, -0.05) is 26.2 Å². The van der Waals surface area contributed by atoms with Gasteiger partial charge in [-0.25, -0.2) is 0 Å². The topological polar surface area (TPSA) is 53.1 Å². The van der Waals surface area contributed by atoms with E-state index in [1.807, 2.05) is 9.80 Å². The molecule has 154 valence electrons. The van der Waals surface area contributed by atoms with Gasteiger partial charge in [-0.3, -0.25) is 14.5 Å². The molecule has 0 radical (unpaired) electrons. The molecule has 7 heteroatoms. The van der Waals surface area contributed by atoms with Crippen LogP contribution in [0.15, 0.2) is 0 Å². The molecule has 2 atom stereocenters. The zero-order valence-corrected chi connectivity index (χ0v) is 17.8. The van der Waals surface area contributed by atoms with Crippen LogP contribution in [0.3, 0.4) is 0 Å². The van der Waals surface area contributed by atoms with Crippen molar-refractivity contribution in [3.05, 3.63) is 0 Å². The molecule has 0 aromatic heterocycles. The van der Waals surface area contributed by atoms with Crippen molar-refractivity contribution in [1.82, 2.24) is 14.7 Å². The lowest BCUT2D eigenvalue weighted by atomic mass is 10.1. The summed E-state index contributed by atoms with van der Waals surface area (Å²) in [4.78, 5) is 32.0. The first-order valence-corrected chi connectivity index (χ1v) is 11.6. The minimum Gasteiger partial charge on any atom is -0.379 e. The lowest BCUT2D eigenvalue weighted by Gasteiger charge is -2.34. The molecule has 3 fully saturated rings. The number of thioether (sulfide) groups is 1. The van der Waals surface area contributed by atoms with Gasteiger partial charge in [0.2, 0.25) is 11.8 Å². The van der Waals surface area contributed by atoms with Crippen LogP contribution in [-0.4, -0.2) is 89.1 Å². The molecule has 3 rings (SSSR count). The highest BCUT2D eigenvalue weighted by Gasteiger charge is 2.53. The van der Waals surface area contributed by atoms with Crippen LogP contribution in [-0.2, 0) is 14.3 Å². The Labute approximate surface area is 167 Å². The van der Waals surface area contributed by atoms with Gasteiger partial charge in [0, 0.05) is 44.9 Å². The number of rotatable bonds is 9. The van der Waals surface area contributed by atoms with E-state index in [0.717, 1.165) is 71.0 Å². The van der Waals surface area contributed by atoms with Crippen LogP contribution in [0.5, 0.6) is 0 Å². The van der Waals surface area contributed by atoms with Crippen LogP contribution < -0.4 is 0 Å². The standard InChI is InChI=1S/C20H35N3O3S/c1-3-4-5-6-9-22(11-10-21-12-14-26-15-13-21)19(25)17-16-27-20(2)8-7-18(24)23(17)20/h17H,3-16H2,1-2H3. The third-order valence-corrected chi connectivity index (χ3v) is 7.62. The summed E-state index contributed by atoms with van der Waals surface area (Å²) in [5.41, 5.74) is 0. The Morgan fingerprint density at radius 1 is 1.26 bits per heavy atom. The molecule has 0 aromatic carbocycles. The fourth-order valence-electron chi connectivity index (χ4n) is 4.36. The highest BCUT2D eigenvalue weighted by atomic mass is 32.2. The summed E-state index contributed by atoms with van der Waals surface area (Å²) in [6.07, 6.45) is 6.07. The predicted molar refractivity (Wildman–Crippen MR) is 109 cm³/mol. The van der Waals surface area contributed by atoms with Crippen molar-refractivity contribution in [1.29, 1.82) is 0 Å². The van der Waals surface area contributed by atoms with E-state index in [1.54, 1.807) is 11.8 Å². The Morgan fingerprint density at radius 3 is 2.78 bits per heavy atom. The molecule has 6 nitrogen and oxygen atoms in total. The molecule has 0 bridgehead atoms. The van der Waals surface area contributed by atoms with E-state index in [-0.39, 0.29) is 22.7 Å². The van der Waals surface area contributed by atoms with Gasteiger partial charge in [0.15, 0.2) is 0 Å². The van der Waals surface area contributed by atoms with Crippen LogP contribution in [0, 0.1) is 0 Å². The minimum absolute atomic E-state index is 0.153. The summed E-state index contributed by atoms with van der Waals surface area (Å²) in [6, 6.07) is -0.272. The molecule has 2 unspecified atom stereocenters. The zero-order valence-electron chi connectivity index (χ0n) is 17.0. The van der Waals surface area contributed by atoms with E-state index < -0.39 is 0 Å². The minimum atomic E-state index is -0.272. The number of morpholine rings is 1. The van der Waals surface area contributed by atoms with Crippen LogP contribution in [0.2, 0.25) is 0 Å². The SMILES string of the molecule is CCCCCCN(CCN1CCOCC1)C(=O)C1CSC2(C)CCC(=O)N12. The van der Waals surface area contributed by atoms with E-state index in [0.29, 0.717) is 6.42 Å². The second kappa shape index (κ2) is 9.61. The Bertz CT molecular complexity index is 527. The van der Waals surface area contributed by atoms with E-state index in [2.05, 4.69) is 18.7 Å². The highest BCUT2D eigenvalue weighted by Crippen LogP contribution is 2.47. The maximum Gasteiger partial charge on any atom is 0.246 e. The third-order valence-electron chi connectivity index (χ3n) is 6.11. The zero-order chi connectivity index (χ0) is 19.3.